The Morgan fingerprint density at radius 3 is 2.59 bits per heavy atom. The Bertz CT molecular complexity index is 1090. The smallest absolute Gasteiger partial charge is 0.417 e. The number of esters is 1. The van der Waals surface area contributed by atoms with Crippen molar-refractivity contribution in [2.24, 2.45) is 4.99 Å². The topological polar surface area (TPSA) is 82.3 Å². The molecule has 0 saturated heterocycles. The van der Waals surface area contributed by atoms with Crippen LogP contribution in [0, 0.1) is 12.7 Å². The number of H-pyrrole nitrogens is 1. The summed E-state index contributed by atoms with van der Waals surface area (Å²) >= 11 is 1.35. The Balaban J connectivity index is 2.30. The predicted octanol–water partition coefficient (Wildman–Crippen LogP) is 4.59. The number of rotatable bonds is 4. The van der Waals surface area contributed by atoms with Crippen LogP contribution in [0.4, 0.5) is 9.18 Å². The van der Waals surface area contributed by atoms with Gasteiger partial charge in [-0.05, 0) is 58.7 Å². The Kier molecular flexibility index (Phi) is 6.78. The van der Waals surface area contributed by atoms with Gasteiger partial charge in [0.15, 0.2) is 6.20 Å². The Hall–Kier alpha value is -3.07. The zero-order valence-corrected chi connectivity index (χ0v) is 19.8. The third kappa shape index (κ3) is 4.72. The molecule has 0 radical (unpaired) electrons. The highest BCUT2D eigenvalue weighted by Gasteiger charge is 2.45. The third-order valence-electron chi connectivity index (χ3n) is 4.78. The molecular weight excluding hydrogens is 433 g/mol. The number of nitrogens with one attached hydrogen (secondary N) is 1. The minimum Gasteiger partial charge on any atom is -0.463 e. The summed E-state index contributed by atoms with van der Waals surface area (Å²) in [6.45, 7) is 10.4. The van der Waals surface area contributed by atoms with Crippen LogP contribution < -0.4 is 4.98 Å². The van der Waals surface area contributed by atoms with Gasteiger partial charge in [0.05, 0.1) is 23.3 Å². The molecule has 2 aromatic rings. The molecule has 170 valence electrons. The standard InChI is InChI=1S/C23H26FN3O4S/c1-7-30-21(28)17-14(3)26-19(20-25-11-12-32-20)27(22(29)31-23(4,5)6)18(17)15-9-8-10-16(24)13(15)2/h8-12,18H,7H2,1-6H3/p+1/t18-/m0/s1. The van der Waals surface area contributed by atoms with Crippen LogP contribution in [0.5, 0.6) is 0 Å². The van der Waals surface area contributed by atoms with Crippen LogP contribution in [0.15, 0.2) is 46.0 Å². The molecule has 7 nitrogen and oxygen atoms in total. The molecule has 1 aromatic heterocycles. The minimum atomic E-state index is -0.984. The van der Waals surface area contributed by atoms with E-state index in [9.17, 15) is 14.0 Å². The SMILES string of the molecule is CCOC(=O)C1=C(C)N=C(c2[nH+]ccs2)N(C(=O)OC(C)(C)C)[C@H]1c1cccc(F)c1C. The lowest BCUT2D eigenvalue weighted by atomic mass is 9.90. The maximum Gasteiger partial charge on any atom is 0.417 e. The van der Waals surface area contributed by atoms with Crippen molar-refractivity contribution in [3.05, 3.63) is 63.0 Å². The van der Waals surface area contributed by atoms with Crippen molar-refractivity contribution in [1.29, 1.82) is 0 Å². The molecule has 2 heterocycles. The van der Waals surface area contributed by atoms with Crippen molar-refractivity contribution in [3.8, 4) is 0 Å². The first-order chi connectivity index (χ1) is 15.0. The van der Waals surface area contributed by atoms with Gasteiger partial charge in [0, 0.05) is 0 Å². The summed E-state index contributed by atoms with van der Waals surface area (Å²) in [4.78, 5) is 35.4. The molecule has 0 spiro atoms. The number of carbonyl (C=O) groups excluding carboxylic acids is 2. The number of halogens is 1. The molecule has 1 N–H and O–H groups in total. The van der Waals surface area contributed by atoms with Crippen LogP contribution in [0.1, 0.15) is 56.8 Å². The first-order valence-electron chi connectivity index (χ1n) is 10.2. The van der Waals surface area contributed by atoms with E-state index >= 15 is 0 Å². The van der Waals surface area contributed by atoms with E-state index in [2.05, 4.69) is 9.98 Å². The quantitative estimate of drug-likeness (QED) is 0.625. The summed E-state index contributed by atoms with van der Waals surface area (Å²) in [6, 6.07) is 3.59. The highest BCUT2D eigenvalue weighted by Crippen LogP contribution is 2.39. The van der Waals surface area contributed by atoms with Crippen LogP contribution >= 0.6 is 11.3 Å². The number of aliphatic imine (C=N–C) groups is 1. The van der Waals surface area contributed by atoms with Crippen molar-refractivity contribution in [1.82, 2.24) is 4.90 Å². The number of aromatic nitrogens is 1. The van der Waals surface area contributed by atoms with Gasteiger partial charge >= 0.3 is 17.1 Å². The van der Waals surface area contributed by atoms with Gasteiger partial charge in [0.1, 0.15) is 17.5 Å². The number of amidine groups is 1. The summed E-state index contributed by atoms with van der Waals surface area (Å²) in [5.74, 6) is -0.780. The summed E-state index contributed by atoms with van der Waals surface area (Å²) < 4.78 is 25.5. The van der Waals surface area contributed by atoms with Crippen LogP contribution in [0.25, 0.3) is 0 Å². The van der Waals surface area contributed by atoms with Gasteiger partial charge in [0.25, 0.3) is 0 Å². The number of hydrogen-bond donors (Lipinski definition) is 0. The number of allylic oxidation sites excluding steroid dienone is 1. The number of ether oxygens (including phenoxy) is 2. The van der Waals surface area contributed by atoms with E-state index in [1.807, 2.05) is 5.38 Å². The molecule has 1 aliphatic rings. The molecule has 1 amide bonds. The van der Waals surface area contributed by atoms with Crippen molar-refractivity contribution in [3.63, 3.8) is 0 Å². The molecule has 3 rings (SSSR count). The lowest BCUT2D eigenvalue weighted by Gasteiger charge is -2.37. The molecule has 0 unspecified atom stereocenters. The predicted molar refractivity (Wildman–Crippen MR) is 119 cm³/mol. The highest BCUT2D eigenvalue weighted by atomic mass is 32.1. The second-order valence-corrected chi connectivity index (χ2v) is 9.17. The first-order valence-corrected chi connectivity index (χ1v) is 11.1. The number of aromatic amines is 1. The normalized spacial score (nSPS) is 16.7. The first kappa shape index (κ1) is 23.6. The second-order valence-electron chi connectivity index (χ2n) is 8.26. The van der Waals surface area contributed by atoms with E-state index in [0.29, 0.717) is 21.8 Å². The third-order valence-corrected chi connectivity index (χ3v) is 5.59. The second kappa shape index (κ2) is 9.20. The number of carbonyl (C=O) groups is 2. The molecule has 1 atom stereocenters. The fourth-order valence-electron chi connectivity index (χ4n) is 3.43. The Labute approximate surface area is 190 Å². The van der Waals surface area contributed by atoms with Crippen LogP contribution in [-0.4, -0.2) is 35.0 Å². The molecule has 32 heavy (non-hydrogen) atoms. The lowest BCUT2D eigenvalue weighted by Crippen LogP contribution is -2.48. The maximum absolute atomic E-state index is 14.6. The van der Waals surface area contributed by atoms with Gasteiger partial charge in [-0.2, -0.15) is 4.98 Å². The number of nitrogens with zero attached hydrogens (tertiary/aromatic N) is 2. The average molecular weight is 461 g/mol. The average Bonchev–Trinajstić information content (AvgIpc) is 3.22. The van der Waals surface area contributed by atoms with Crippen molar-refractivity contribution >= 4 is 29.2 Å². The summed E-state index contributed by atoms with van der Waals surface area (Å²) in [5.41, 5.74) is 0.503. The van der Waals surface area contributed by atoms with Gasteiger partial charge in [-0.15, -0.1) is 0 Å². The monoisotopic (exact) mass is 460 g/mol. The number of amides is 1. The molecule has 0 saturated carbocycles. The van der Waals surface area contributed by atoms with E-state index in [1.165, 1.54) is 22.3 Å². The van der Waals surface area contributed by atoms with Crippen molar-refractivity contribution in [2.45, 2.75) is 53.2 Å². The van der Waals surface area contributed by atoms with Gasteiger partial charge < -0.3 is 9.47 Å². The lowest BCUT2D eigenvalue weighted by molar-refractivity contribution is -0.373. The van der Waals surface area contributed by atoms with Gasteiger partial charge in [-0.25, -0.2) is 23.9 Å². The van der Waals surface area contributed by atoms with Crippen LogP contribution in [0.2, 0.25) is 0 Å². The molecule has 0 aliphatic carbocycles. The Morgan fingerprint density at radius 2 is 2.00 bits per heavy atom. The molecular formula is C23H27FN3O4S+. The van der Waals surface area contributed by atoms with E-state index < -0.39 is 29.5 Å². The molecule has 0 fully saturated rings. The van der Waals surface area contributed by atoms with Crippen LogP contribution in [-0.2, 0) is 14.3 Å². The fraction of sp³-hybridized carbons (Fsp3) is 0.391. The number of benzene rings is 1. The molecule has 1 aliphatic heterocycles. The van der Waals surface area contributed by atoms with Gasteiger partial charge in [-0.1, -0.05) is 23.5 Å². The van der Waals surface area contributed by atoms with E-state index in [0.717, 1.165) is 0 Å². The molecule has 9 heteroatoms. The van der Waals surface area contributed by atoms with E-state index in [-0.39, 0.29) is 18.0 Å². The number of thiazole rings is 1. The summed E-state index contributed by atoms with van der Waals surface area (Å²) in [6.07, 6.45) is 1.01. The van der Waals surface area contributed by atoms with E-state index in [4.69, 9.17) is 9.47 Å². The fourth-order valence-corrected chi connectivity index (χ4v) is 4.09. The minimum absolute atomic E-state index is 0.145. The maximum atomic E-state index is 14.6. The highest BCUT2D eigenvalue weighted by molar-refractivity contribution is 7.11. The molecule has 0 bridgehead atoms. The summed E-state index contributed by atoms with van der Waals surface area (Å²) in [5, 5.41) is 2.41. The zero-order valence-electron chi connectivity index (χ0n) is 19.0. The van der Waals surface area contributed by atoms with Gasteiger partial charge in [-0.3, -0.25) is 0 Å². The van der Waals surface area contributed by atoms with Crippen molar-refractivity contribution in [2.75, 3.05) is 6.61 Å². The Morgan fingerprint density at radius 1 is 1.28 bits per heavy atom. The number of hydrogen-bond acceptors (Lipinski definition) is 6. The van der Waals surface area contributed by atoms with E-state index in [1.54, 1.807) is 59.9 Å². The zero-order chi connectivity index (χ0) is 23.6. The van der Waals surface area contributed by atoms with Crippen molar-refractivity contribution < 1.29 is 28.4 Å². The molecule has 1 aromatic carbocycles. The van der Waals surface area contributed by atoms with Crippen LogP contribution in [0.3, 0.4) is 0 Å². The summed E-state index contributed by atoms with van der Waals surface area (Å²) in [7, 11) is 0. The van der Waals surface area contributed by atoms with Gasteiger partial charge in [0.2, 0.25) is 5.84 Å². The largest absolute Gasteiger partial charge is 0.463 e.